The quantitative estimate of drug-likeness (QED) is 0.355. The number of amides is 2. The Morgan fingerprint density at radius 2 is 1.79 bits per heavy atom. The van der Waals surface area contributed by atoms with E-state index >= 15 is 0 Å². The molecule has 2 rings (SSSR count). The second kappa shape index (κ2) is 12.7. The van der Waals surface area contributed by atoms with Crippen LogP contribution in [0.2, 0.25) is 0 Å². The lowest BCUT2D eigenvalue weighted by molar-refractivity contribution is -0.140. The van der Waals surface area contributed by atoms with Crippen molar-refractivity contribution in [2.24, 2.45) is 0 Å². The van der Waals surface area contributed by atoms with E-state index in [4.69, 9.17) is 0 Å². The number of benzene rings is 2. The molecule has 0 heterocycles. The lowest BCUT2D eigenvalue weighted by atomic mass is 10.1. The van der Waals surface area contributed by atoms with Crippen LogP contribution in [0.5, 0.6) is 0 Å². The normalized spacial score (nSPS) is 11.7. The summed E-state index contributed by atoms with van der Waals surface area (Å²) in [5.41, 5.74) is 1.01. The molecule has 0 aliphatic heterocycles. The zero-order valence-electron chi connectivity index (χ0n) is 17.1. The third-order valence-electron chi connectivity index (χ3n) is 4.59. The maximum Gasteiger partial charge on any atom is 0.242 e. The molecule has 29 heavy (non-hydrogen) atoms. The summed E-state index contributed by atoms with van der Waals surface area (Å²) in [6.45, 7) is 4.96. The molecule has 1 atom stereocenters. The van der Waals surface area contributed by atoms with Gasteiger partial charge in [0.2, 0.25) is 11.8 Å². The summed E-state index contributed by atoms with van der Waals surface area (Å²) in [6, 6.07) is 17.4. The van der Waals surface area contributed by atoms with Crippen molar-refractivity contribution in [1.82, 2.24) is 10.2 Å². The number of carbonyl (C=O) groups is 2. The number of unbranched alkanes of at least 4 members (excludes halogenated alkanes) is 1. The van der Waals surface area contributed by atoms with Crippen LogP contribution in [0.3, 0.4) is 0 Å². The Bertz CT molecular complexity index is 768. The van der Waals surface area contributed by atoms with Gasteiger partial charge in [-0.2, -0.15) is 0 Å². The van der Waals surface area contributed by atoms with Crippen LogP contribution in [0, 0.1) is 0 Å². The van der Waals surface area contributed by atoms with Crippen molar-refractivity contribution in [2.45, 2.75) is 50.6 Å². The molecule has 1 unspecified atom stereocenters. The summed E-state index contributed by atoms with van der Waals surface area (Å²) >= 11 is 5.09. The van der Waals surface area contributed by atoms with Gasteiger partial charge in [0.1, 0.15) is 6.04 Å². The van der Waals surface area contributed by atoms with E-state index in [2.05, 4.69) is 28.2 Å². The van der Waals surface area contributed by atoms with E-state index < -0.39 is 6.04 Å². The minimum absolute atomic E-state index is 0.00510. The Kier molecular flexibility index (Phi) is 10.3. The Labute approximate surface area is 186 Å². The molecular weight excluding hydrogens is 448 g/mol. The van der Waals surface area contributed by atoms with Crippen LogP contribution < -0.4 is 5.32 Å². The van der Waals surface area contributed by atoms with Gasteiger partial charge in [0, 0.05) is 34.6 Å². The minimum atomic E-state index is -0.510. The molecule has 2 aromatic rings. The Hall–Kier alpha value is -1.79. The highest BCUT2D eigenvalue weighted by Gasteiger charge is 2.25. The van der Waals surface area contributed by atoms with E-state index in [9.17, 15) is 9.59 Å². The Morgan fingerprint density at radius 1 is 1.10 bits per heavy atom. The molecule has 0 aromatic heterocycles. The first-order valence-corrected chi connectivity index (χ1v) is 11.8. The van der Waals surface area contributed by atoms with Gasteiger partial charge in [-0.25, -0.2) is 0 Å². The number of nitrogens with one attached hydrogen (secondary N) is 1. The van der Waals surface area contributed by atoms with Gasteiger partial charge in [0.25, 0.3) is 0 Å². The topological polar surface area (TPSA) is 49.4 Å². The van der Waals surface area contributed by atoms with Crippen LogP contribution in [0.4, 0.5) is 0 Å². The van der Waals surface area contributed by atoms with Crippen molar-refractivity contribution in [3.8, 4) is 0 Å². The SMILES string of the molecule is CCCCNC(=O)C(C)N(Cc1ccc(Br)cc1)C(=O)CCSc1ccccc1. The third-order valence-corrected chi connectivity index (χ3v) is 6.13. The highest BCUT2D eigenvalue weighted by atomic mass is 79.9. The molecule has 2 aromatic carbocycles. The van der Waals surface area contributed by atoms with Crippen LogP contribution >= 0.6 is 27.7 Å². The fourth-order valence-corrected chi connectivity index (χ4v) is 3.95. The maximum absolute atomic E-state index is 13.0. The Morgan fingerprint density at radius 3 is 2.45 bits per heavy atom. The van der Waals surface area contributed by atoms with Crippen molar-refractivity contribution in [3.63, 3.8) is 0 Å². The van der Waals surface area contributed by atoms with Gasteiger partial charge in [-0.05, 0) is 43.2 Å². The summed E-state index contributed by atoms with van der Waals surface area (Å²) in [5.74, 6) is 0.582. The van der Waals surface area contributed by atoms with Crippen LogP contribution in [0.15, 0.2) is 64.0 Å². The van der Waals surface area contributed by atoms with Gasteiger partial charge < -0.3 is 10.2 Å². The molecule has 156 valence electrons. The first kappa shape index (κ1) is 23.5. The molecule has 0 spiro atoms. The van der Waals surface area contributed by atoms with Gasteiger partial charge in [0.15, 0.2) is 0 Å². The standard InChI is InChI=1S/C23H29BrN2O2S/c1-3-4-15-25-23(28)18(2)26(17-19-10-12-20(24)13-11-19)22(27)14-16-29-21-8-6-5-7-9-21/h5-13,18H,3-4,14-17H2,1-2H3,(H,25,28). The number of thioether (sulfide) groups is 1. The molecule has 0 bridgehead atoms. The predicted octanol–water partition coefficient (Wildman–Crippen LogP) is 5.26. The van der Waals surface area contributed by atoms with E-state index in [-0.39, 0.29) is 11.8 Å². The van der Waals surface area contributed by atoms with Gasteiger partial charge in [-0.3, -0.25) is 9.59 Å². The lowest BCUT2D eigenvalue weighted by Crippen LogP contribution is -2.47. The van der Waals surface area contributed by atoms with Crippen molar-refractivity contribution in [3.05, 3.63) is 64.6 Å². The fourth-order valence-electron chi connectivity index (χ4n) is 2.82. The monoisotopic (exact) mass is 476 g/mol. The van der Waals surface area contributed by atoms with Crippen LogP contribution in [0.1, 0.15) is 38.7 Å². The molecular formula is C23H29BrN2O2S. The number of rotatable bonds is 11. The van der Waals surface area contributed by atoms with Gasteiger partial charge in [-0.15, -0.1) is 11.8 Å². The summed E-state index contributed by atoms with van der Waals surface area (Å²) in [5, 5.41) is 2.95. The van der Waals surface area contributed by atoms with Crippen molar-refractivity contribution < 1.29 is 9.59 Å². The van der Waals surface area contributed by atoms with Crippen molar-refractivity contribution in [1.29, 1.82) is 0 Å². The summed E-state index contributed by atoms with van der Waals surface area (Å²) in [4.78, 5) is 28.4. The van der Waals surface area contributed by atoms with E-state index in [1.807, 2.05) is 61.5 Å². The van der Waals surface area contributed by atoms with E-state index in [0.717, 1.165) is 27.8 Å². The minimum Gasteiger partial charge on any atom is -0.354 e. The maximum atomic E-state index is 13.0. The number of hydrogen-bond donors (Lipinski definition) is 1. The number of halogens is 1. The summed E-state index contributed by atoms with van der Waals surface area (Å²) in [7, 11) is 0. The first-order chi connectivity index (χ1) is 14.0. The molecule has 6 heteroatoms. The molecule has 0 radical (unpaired) electrons. The van der Waals surface area contributed by atoms with Gasteiger partial charge >= 0.3 is 0 Å². The van der Waals surface area contributed by atoms with Crippen molar-refractivity contribution >= 4 is 39.5 Å². The van der Waals surface area contributed by atoms with Crippen LogP contribution in [-0.4, -0.2) is 35.1 Å². The zero-order valence-corrected chi connectivity index (χ0v) is 19.5. The smallest absolute Gasteiger partial charge is 0.242 e. The van der Waals surface area contributed by atoms with E-state index in [1.165, 1.54) is 0 Å². The van der Waals surface area contributed by atoms with Crippen LogP contribution in [-0.2, 0) is 16.1 Å². The average molecular weight is 477 g/mol. The molecule has 0 fully saturated rings. The van der Waals surface area contributed by atoms with E-state index in [1.54, 1.807) is 16.7 Å². The molecule has 0 aliphatic carbocycles. The largest absolute Gasteiger partial charge is 0.354 e. The average Bonchev–Trinajstić information content (AvgIpc) is 2.73. The number of carbonyl (C=O) groups excluding carboxylic acids is 2. The third kappa shape index (κ3) is 8.23. The van der Waals surface area contributed by atoms with Crippen molar-refractivity contribution in [2.75, 3.05) is 12.3 Å². The van der Waals surface area contributed by atoms with Gasteiger partial charge in [0.05, 0.1) is 0 Å². The molecule has 0 saturated heterocycles. The molecule has 0 saturated carbocycles. The molecule has 4 nitrogen and oxygen atoms in total. The Balaban J connectivity index is 2.02. The fraction of sp³-hybridized carbons (Fsp3) is 0.391. The second-order valence-corrected chi connectivity index (χ2v) is 8.96. The highest BCUT2D eigenvalue weighted by molar-refractivity contribution is 9.10. The van der Waals surface area contributed by atoms with Gasteiger partial charge in [-0.1, -0.05) is 59.6 Å². The van der Waals surface area contributed by atoms with E-state index in [0.29, 0.717) is 25.3 Å². The number of nitrogens with zero attached hydrogens (tertiary/aromatic N) is 1. The lowest BCUT2D eigenvalue weighted by Gasteiger charge is -2.29. The molecule has 2 amide bonds. The molecule has 0 aliphatic rings. The predicted molar refractivity (Wildman–Crippen MR) is 124 cm³/mol. The highest BCUT2D eigenvalue weighted by Crippen LogP contribution is 2.20. The number of hydrogen-bond acceptors (Lipinski definition) is 3. The summed E-state index contributed by atoms with van der Waals surface area (Å²) < 4.78 is 0.990. The second-order valence-electron chi connectivity index (χ2n) is 6.88. The zero-order chi connectivity index (χ0) is 21.1. The first-order valence-electron chi connectivity index (χ1n) is 10.0. The summed E-state index contributed by atoms with van der Waals surface area (Å²) in [6.07, 6.45) is 2.35. The van der Waals surface area contributed by atoms with Crippen LogP contribution in [0.25, 0.3) is 0 Å². The molecule has 1 N–H and O–H groups in total.